The molecular formula is C13H20ClNOS. The molecule has 17 heavy (non-hydrogen) atoms. The number of ether oxygens (including phenoxy) is 1. The fraction of sp³-hybridized carbons (Fsp3) is 0.538. The van der Waals surface area contributed by atoms with Gasteiger partial charge in [0.05, 0.1) is 0 Å². The molecule has 0 bridgehead atoms. The molecule has 0 heterocycles. The van der Waals surface area contributed by atoms with Crippen molar-refractivity contribution in [1.29, 1.82) is 0 Å². The van der Waals surface area contributed by atoms with E-state index in [2.05, 4.69) is 6.07 Å². The molecule has 0 aromatic heterocycles. The lowest BCUT2D eigenvalue weighted by molar-refractivity contribution is 0.200. The van der Waals surface area contributed by atoms with Gasteiger partial charge in [0.25, 0.3) is 0 Å². The van der Waals surface area contributed by atoms with E-state index in [1.54, 1.807) is 7.11 Å². The number of rotatable bonds is 7. The maximum atomic E-state index is 6.21. The lowest BCUT2D eigenvalue weighted by Gasteiger charge is -2.21. The molecule has 0 saturated heterocycles. The summed E-state index contributed by atoms with van der Waals surface area (Å²) in [6, 6.07) is 8.01. The van der Waals surface area contributed by atoms with Crippen molar-refractivity contribution in [3.8, 4) is 0 Å². The molecule has 0 aliphatic carbocycles. The number of hydrogen-bond donors (Lipinski definition) is 1. The molecule has 1 aromatic rings. The Morgan fingerprint density at radius 1 is 1.41 bits per heavy atom. The largest absolute Gasteiger partial charge is 0.385 e. The molecular weight excluding hydrogens is 254 g/mol. The lowest BCUT2D eigenvalue weighted by atomic mass is 10.1. The second-order valence-electron chi connectivity index (χ2n) is 4.02. The van der Waals surface area contributed by atoms with Crippen LogP contribution >= 0.6 is 23.4 Å². The summed E-state index contributed by atoms with van der Waals surface area (Å²) in [6.45, 7) is 2.82. The average Bonchev–Trinajstić information content (AvgIpc) is 2.30. The van der Waals surface area contributed by atoms with Crippen LogP contribution in [0.5, 0.6) is 0 Å². The highest BCUT2D eigenvalue weighted by atomic mass is 35.5. The quantitative estimate of drug-likeness (QED) is 0.773. The van der Waals surface area contributed by atoms with E-state index in [4.69, 9.17) is 22.1 Å². The standard InChI is InChI=1S/C13H20ClNOS/c1-10(15)13(17-9-5-8-16-2)11-6-3-4-7-12(11)14/h3-4,6-7,10,13H,5,8-9,15H2,1-2H3. The maximum Gasteiger partial charge on any atom is 0.0470 e. The van der Waals surface area contributed by atoms with Gasteiger partial charge < -0.3 is 10.5 Å². The van der Waals surface area contributed by atoms with Crippen LogP contribution < -0.4 is 5.73 Å². The van der Waals surface area contributed by atoms with E-state index in [1.165, 1.54) is 0 Å². The minimum Gasteiger partial charge on any atom is -0.385 e. The predicted molar refractivity (Wildman–Crippen MR) is 76.8 cm³/mol. The van der Waals surface area contributed by atoms with Gasteiger partial charge in [0, 0.05) is 30.0 Å². The van der Waals surface area contributed by atoms with Crippen LogP contribution in [0.15, 0.2) is 24.3 Å². The van der Waals surface area contributed by atoms with Crippen LogP contribution in [-0.2, 0) is 4.74 Å². The van der Waals surface area contributed by atoms with Gasteiger partial charge in [-0.15, -0.1) is 0 Å². The van der Waals surface area contributed by atoms with Crippen LogP contribution in [0.25, 0.3) is 0 Å². The number of nitrogens with two attached hydrogens (primary N) is 1. The van der Waals surface area contributed by atoms with Crippen LogP contribution in [-0.4, -0.2) is 25.5 Å². The Morgan fingerprint density at radius 3 is 2.71 bits per heavy atom. The minimum atomic E-state index is 0.0856. The maximum absolute atomic E-state index is 6.21. The number of methoxy groups -OCH3 is 1. The first-order valence-electron chi connectivity index (χ1n) is 5.77. The number of thioether (sulfide) groups is 1. The Morgan fingerprint density at radius 2 is 2.12 bits per heavy atom. The van der Waals surface area contributed by atoms with Crippen LogP contribution in [0.3, 0.4) is 0 Å². The molecule has 1 rings (SSSR count). The number of hydrogen-bond acceptors (Lipinski definition) is 3. The first kappa shape index (κ1) is 14.8. The Balaban J connectivity index is 2.63. The molecule has 0 radical (unpaired) electrons. The van der Waals surface area contributed by atoms with Gasteiger partial charge in [-0.3, -0.25) is 0 Å². The van der Waals surface area contributed by atoms with Crippen molar-refractivity contribution in [2.24, 2.45) is 5.73 Å². The zero-order chi connectivity index (χ0) is 12.7. The fourth-order valence-corrected chi connectivity index (χ4v) is 3.19. The molecule has 0 aliphatic rings. The zero-order valence-corrected chi connectivity index (χ0v) is 11.9. The van der Waals surface area contributed by atoms with Crippen molar-refractivity contribution in [2.75, 3.05) is 19.5 Å². The average molecular weight is 274 g/mol. The molecule has 2 N–H and O–H groups in total. The summed E-state index contributed by atoms with van der Waals surface area (Å²) in [6.07, 6.45) is 1.04. The molecule has 96 valence electrons. The SMILES string of the molecule is COCCCSC(c1ccccc1Cl)C(C)N. The summed E-state index contributed by atoms with van der Waals surface area (Å²) < 4.78 is 5.04. The van der Waals surface area contributed by atoms with E-state index in [9.17, 15) is 0 Å². The zero-order valence-electron chi connectivity index (χ0n) is 10.4. The molecule has 2 atom stereocenters. The van der Waals surface area contributed by atoms with E-state index >= 15 is 0 Å². The van der Waals surface area contributed by atoms with Crippen LogP contribution in [0.4, 0.5) is 0 Å². The summed E-state index contributed by atoms with van der Waals surface area (Å²) in [4.78, 5) is 0. The molecule has 2 nitrogen and oxygen atoms in total. The summed E-state index contributed by atoms with van der Waals surface area (Å²) in [7, 11) is 1.72. The van der Waals surface area contributed by atoms with Gasteiger partial charge in [-0.1, -0.05) is 29.8 Å². The monoisotopic (exact) mass is 273 g/mol. The second kappa shape index (κ2) is 7.98. The topological polar surface area (TPSA) is 35.2 Å². The second-order valence-corrected chi connectivity index (χ2v) is 5.68. The van der Waals surface area contributed by atoms with Crippen LogP contribution in [0.1, 0.15) is 24.2 Å². The van der Waals surface area contributed by atoms with Crippen molar-refractivity contribution < 1.29 is 4.74 Å². The smallest absolute Gasteiger partial charge is 0.0470 e. The third kappa shape index (κ3) is 4.88. The van der Waals surface area contributed by atoms with Crippen molar-refractivity contribution in [1.82, 2.24) is 0 Å². The van der Waals surface area contributed by atoms with Gasteiger partial charge in [-0.2, -0.15) is 11.8 Å². The molecule has 4 heteroatoms. The highest BCUT2D eigenvalue weighted by Gasteiger charge is 2.18. The van der Waals surface area contributed by atoms with Gasteiger partial charge >= 0.3 is 0 Å². The summed E-state index contributed by atoms with van der Waals surface area (Å²) in [5, 5.41) is 1.05. The molecule has 0 spiro atoms. The fourth-order valence-electron chi connectivity index (χ4n) is 1.64. The molecule has 0 saturated carbocycles. The van der Waals surface area contributed by atoms with E-state index < -0.39 is 0 Å². The highest BCUT2D eigenvalue weighted by Crippen LogP contribution is 2.35. The summed E-state index contributed by atoms with van der Waals surface area (Å²) in [5.74, 6) is 1.03. The van der Waals surface area contributed by atoms with Crippen molar-refractivity contribution >= 4 is 23.4 Å². The van der Waals surface area contributed by atoms with Crippen LogP contribution in [0.2, 0.25) is 5.02 Å². The predicted octanol–water partition coefficient (Wildman–Crippen LogP) is 3.50. The Bertz CT molecular complexity index is 333. The Kier molecular flexibility index (Phi) is 6.97. The Labute approximate surface area is 113 Å². The molecule has 0 fully saturated rings. The van der Waals surface area contributed by atoms with Gasteiger partial charge in [0.1, 0.15) is 0 Å². The molecule has 2 unspecified atom stereocenters. The van der Waals surface area contributed by atoms with Crippen molar-refractivity contribution in [2.45, 2.75) is 24.6 Å². The minimum absolute atomic E-state index is 0.0856. The van der Waals surface area contributed by atoms with Gasteiger partial charge in [0.15, 0.2) is 0 Å². The van der Waals surface area contributed by atoms with E-state index in [-0.39, 0.29) is 11.3 Å². The van der Waals surface area contributed by atoms with Crippen molar-refractivity contribution in [3.05, 3.63) is 34.9 Å². The highest BCUT2D eigenvalue weighted by molar-refractivity contribution is 7.99. The molecule has 1 aromatic carbocycles. The van der Waals surface area contributed by atoms with Crippen molar-refractivity contribution in [3.63, 3.8) is 0 Å². The molecule has 0 amide bonds. The van der Waals surface area contributed by atoms with Gasteiger partial charge in [0.2, 0.25) is 0 Å². The number of halogens is 1. The van der Waals surface area contributed by atoms with E-state index in [0.29, 0.717) is 0 Å². The van der Waals surface area contributed by atoms with E-state index in [1.807, 2.05) is 36.9 Å². The van der Waals surface area contributed by atoms with E-state index in [0.717, 1.165) is 29.4 Å². The van der Waals surface area contributed by atoms with Crippen LogP contribution in [0, 0.1) is 0 Å². The third-order valence-electron chi connectivity index (χ3n) is 2.48. The Hall–Kier alpha value is -0.220. The molecule has 0 aliphatic heterocycles. The third-order valence-corrected chi connectivity index (χ3v) is 4.39. The van der Waals surface area contributed by atoms with Gasteiger partial charge in [-0.05, 0) is 30.7 Å². The first-order chi connectivity index (χ1) is 8.16. The normalized spacial score (nSPS) is 14.6. The summed E-state index contributed by atoms with van der Waals surface area (Å²) >= 11 is 8.06. The lowest BCUT2D eigenvalue weighted by Crippen LogP contribution is -2.23. The first-order valence-corrected chi connectivity index (χ1v) is 7.20. The van der Waals surface area contributed by atoms with Gasteiger partial charge in [-0.25, -0.2) is 0 Å². The number of benzene rings is 1. The summed E-state index contributed by atoms with van der Waals surface area (Å²) in [5.41, 5.74) is 7.17.